The Balaban J connectivity index is 1.99. The van der Waals surface area contributed by atoms with Gasteiger partial charge in [-0.05, 0) is 19.9 Å². The summed E-state index contributed by atoms with van der Waals surface area (Å²) in [4.78, 5) is 2.53. The van der Waals surface area contributed by atoms with Crippen molar-refractivity contribution in [3.05, 3.63) is 35.6 Å². The number of hydrogen-bond acceptors (Lipinski definition) is 3. The van der Waals surface area contributed by atoms with Crippen LogP contribution in [0.2, 0.25) is 0 Å². The molecule has 1 aliphatic rings. The summed E-state index contributed by atoms with van der Waals surface area (Å²) in [5.74, 6) is 1.06. The van der Waals surface area contributed by atoms with E-state index in [4.69, 9.17) is 4.42 Å². The number of benzene rings is 1. The second-order valence-electron chi connectivity index (χ2n) is 5.03. The van der Waals surface area contributed by atoms with E-state index in [-0.39, 0.29) is 0 Å². The first-order valence-electron chi connectivity index (χ1n) is 6.70. The number of nitrogens with one attached hydrogen (secondary N) is 1. The van der Waals surface area contributed by atoms with Crippen LogP contribution in [0.3, 0.4) is 0 Å². The average molecular weight is 244 g/mol. The molecule has 1 unspecified atom stereocenters. The highest BCUT2D eigenvalue weighted by molar-refractivity contribution is 5.82. The number of aryl methyl sites for hydroxylation is 1. The van der Waals surface area contributed by atoms with Crippen molar-refractivity contribution in [3.63, 3.8) is 0 Å². The Kier molecular flexibility index (Phi) is 3.10. The highest BCUT2D eigenvalue weighted by Crippen LogP contribution is 2.33. The zero-order valence-corrected chi connectivity index (χ0v) is 11.1. The molecule has 0 aliphatic carbocycles. The molecule has 0 bridgehead atoms. The molecule has 3 heteroatoms. The second-order valence-corrected chi connectivity index (χ2v) is 5.03. The van der Waals surface area contributed by atoms with Crippen molar-refractivity contribution >= 4 is 11.0 Å². The summed E-state index contributed by atoms with van der Waals surface area (Å²) in [6.45, 7) is 8.75. The minimum absolute atomic E-state index is 0.427. The minimum atomic E-state index is 0.427. The number of rotatable bonds is 2. The molecule has 1 fully saturated rings. The van der Waals surface area contributed by atoms with Gasteiger partial charge in [0.25, 0.3) is 0 Å². The van der Waals surface area contributed by atoms with Gasteiger partial charge in [0.2, 0.25) is 0 Å². The van der Waals surface area contributed by atoms with Gasteiger partial charge < -0.3 is 9.73 Å². The zero-order chi connectivity index (χ0) is 12.5. The first-order chi connectivity index (χ1) is 8.77. The van der Waals surface area contributed by atoms with Gasteiger partial charge >= 0.3 is 0 Å². The summed E-state index contributed by atoms with van der Waals surface area (Å²) in [7, 11) is 0. The standard InChI is InChI=1S/C15H20N2O/c1-11(17-9-7-16-8-10-17)15-12(2)18-14-6-4-3-5-13(14)15/h3-6,11,16H,7-10H2,1-2H3. The first-order valence-corrected chi connectivity index (χ1v) is 6.70. The lowest BCUT2D eigenvalue weighted by molar-refractivity contribution is 0.185. The third-order valence-electron chi connectivity index (χ3n) is 3.94. The van der Waals surface area contributed by atoms with E-state index >= 15 is 0 Å². The maximum atomic E-state index is 5.87. The Hall–Kier alpha value is -1.32. The molecule has 3 rings (SSSR count). The van der Waals surface area contributed by atoms with Crippen LogP contribution in [-0.2, 0) is 0 Å². The number of para-hydroxylation sites is 1. The predicted octanol–water partition coefficient (Wildman–Crippen LogP) is 2.71. The number of nitrogens with zero attached hydrogens (tertiary/aromatic N) is 1. The molecule has 1 aromatic carbocycles. The highest BCUT2D eigenvalue weighted by atomic mass is 16.3. The molecule has 1 N–H and O–H groups in total. The molecule has 0 radical (unpaired) electrons. The average Bonchev–Trinajstić information content (AvgIpc) is 2.75. The van der Waals surface area contributed by atoms with Crippen molar-refractivity contribution in [2.75, 3.05) is 26.2 Å². The lowest BCUT2D eigenvalue weighted by atomic mass is 10.0. The fourth-order valence-corrected chi connectivity index (χ4v) is 2.96. The molecule has 1 saturated heterocycles. The highest BCUT2D eigenvalue weighted by Gasteiger charge is 2.23. The molecule has 1 aliphatic heterocycles. The molecule has 0 amide bonds. The summed E-state index contributed by atoms with van der Waals surface area (Å²) in [6, 6.07) is 8.77. The Morgan fingerprint density at radius 3 is 2.72 bits per heavy atom. The van der Waals surface area contributed by atoms with E-state index in [1.807, 2.05) is 6.07 Å². The molecule has 18 heavy (non-hydrogen) atoms. The SMILES string of the molecule is Cc1oc2ccccc2c1C(C)N1CCNCC1. The maximum Gasteiger partial charge on any atom is 0.134 e. The Bertz CT molecular complexity index is 540. The summed E-state index contributed by atoms with van der Waals surface area (Å²) in [5.41, 5.74) is 2.36. The fraction of sp³-hybridized carbons (Fsp3) is 0.467. The molecule has 1 atom stereocenters. The monoisotopic (exact) mass is 244 g/mol. The second kappa shape index (κ2) is 4.75. The molecular formula is C15H20N2O. The molecule has 2 heterocycles. The number of fused-ring (bicyclic) bond motifs is 1. The third-order valence-corrected chi connectivity index (χ3v) is 3.94. The van der Waals surface area contributed by atoms with Crippen LogP contribution in [-0.4, -0.2) is 31.1 Å². The third kappa shape index (κ3) is 1.93. The van der Waals surface area contributed by atoms with E-state index in [1.165, 1.54) is 10.9 Å². The largest absolute Gasteiger partial charge is 0.461 e. The maximum absolute atomic E-state index is 5.87. The van der Waals surface area contributed by atoms with Gasteiger partial charge in [0.1, 0.15) is 11.3 Å². The molecule has 96 valence electrons. The molecule has 0 spiro atoms. The van der Waals surface area contributed by atoms with Gasteiger partial charge in [-0.15, -0.1) is 0 Å². The molecular weight excluding hydrogens is 224 g/mol. The van der Waals surface area contributed by atoms with Crippen LogP contribution in [0, 0.1) is 6.92 Å². The van der Waals surface area contributed by atoms with Crippen LogP contribution in [0.4, 0.5) is 0 Å². The normalized spacial score (nSPS) is 19.2. The summed E-state index contributed by atoms with van der Waals surface area (Å²) in [5, 5.41) is 4.67. The number of furan rings is 1. The Morgan fingerprint density at radius 2 is 1.94 bits per heavy atom. The van der Waals surface area contributed by atoms with Crippen molar-refractivity contribution in [2.24, 2.45) is 0 Å². The lowest BCUT2D eigenvalue weighted by Crippen LogP contribution is -2.44. The smallest absolute Gasteiger partial charge is 0.134 e. The molecule has 1 aromatic heterocycles. The first kappa shape index (κ1) is 11.8. The summed E-state index contributed by atoms with van der Waals surface area (Å²) in [6.07, 6.45) is 0. The van der Waals surface area contributed by atoms with Gasteiger partial charge in [-0.3, -0.25) is 4.90 Å². The predicted molar refractivity (Wildman–Crippen MR) is 73.8 cm³/mol. The minimum Gasteiger partial charge on any atom is -0.461 e. The summed E-state index contributed by atoms with van der Waals surface area (Å²) < 4.78 is 5.87. The van der Waals surface area contributed by atoms with Crippen LogP contribution < -0.4 is 5.32 Å². The van der Waals surface area contributed by atoms with Crippen molar-refractivity contribution in [3.8, 4) is 0 Å². The van der Waals surface area contributed by atoms with E-state index in [0.29, 0.717) is 6.04 Å². The Labute approximate surface area is 108 Å². The molecule has 0 saturated carbocycles. The van der Waals surface area contributed by atoms with Crippen LogP contribution in [0.25, 0.3) is 11.0 Å². The van der Waals surface area contributed by atoms with E-state index in [9.17, 15) is 0 Å². The van der Waals surface area contributed by atoms with Crippen molar-refractivity contribution in [1.29, 1.82) is 0 Å². The van der Waals surface area contributed by atoms with E-state index in [2.05, 4.69) is 42.3 Å². The van der Waals surface area contributed by atoms with Gasteiger partial charge in [-0.2, -0.15) is 0 Å². The number of hydrogen-bond donors (Lipinski definition) is 1. The van der Waals surface area contributed by atoms with Gasteiger partial charge in [0.15, 0.2) is 0 Å². The lowest BCUT2D eigenvalue weighted by Gasteiger charge is -2.32. The Morgan fingerprint density at radius 1 is 1.22 bits per heavy atom. The van der Waals surface area contributed by atoms with Crippen LogP contribution in [0.1, 0.15) is 24.3 Å². The number of piperazine rings is 1. The molecule has 3 nitrogen and oxygen atoms in total. The van der Waals surface area contributed by atoms with E-state index < -0.39 is 0 Å². The van der Waals surface area contributed by atoms with Crippen LogP contribution in [0.5, 0.6) is 0 Å². The zero-order valence-electron chi connectivity index (χ0n) is 11.1. The van der Waals surface area contributed by atoms with Crippen molar-refractivity contribution < 1.29 is 4.42 Å². The van der Waals surface area contributed by atoms with Gasteiger partial charge in [-0.25, -0.2) is 0 Å². The van der Waals surface area contributed by atoms with Crippen molar-refractivity contribution in [2.45, 2.75) is 19.9 Å². The topological polar surface area (TPSA) is 28.4 Å². The molecule has 2 aromatic rings. The summed E-state index contributed by atoms with van der Waals surface area (Å²) >= 11 is 0. The van der Waals surface area contributed by atoms with Gasteiger partial charge in [-0.1, -0.05) is 18.2 Å². The quantitative estimate of drug-likeness (QED) is 0.880. The van der Waals surface area contributed by atoms with Gasteiger partial charge in [0.05, 0.1) is 0 Å². The van der Waals surface area contributed by atoms with E-state index in [0.717, 1.165) is 37.5 Å². The van der Waals surface area contributed by atoms with Crippen molar-refractivity contribution in [1.82, 2.24) is 10.2 Å². The van der Waals surface area contributed by atoms with Crippen LogP contribution >= 0.6 is 0 Å². The van der Waals surface area contributed by atoms with E-state index in [1.54, 1.807) is 0 Å². The van der Waals surface area contributed by atoms with Gasteiger partial charge in [0, 0.05) is 43.2 Å². The fourth-order valence-electron chi connectivity index (χ4n) is 2.96. The van der Waals surface area contributed by atoms with Crippen LogP contribution in [0.15, 0.2) is 28.7 Å².